The summed E-state index contributed by atoms with van der Waals surface area (Å²) in [6.07, 6.45) is 5.81. The highest BCUT2D eigenvalue weighted by Crippen LogP contribution is 2.31. The smallest absolute Gasteiger partial charge is 0.219 e. The van der Waals surface area contributed by atoms with E-state index in [4.69, 9.17) is 11.6 Å². The molecule has 2 fully saturated rings. The highest BCUT2D eigenvalue weighted by Gasteiger charge is 2.25. The van der Waals surface area contributed by atoms with Gasteiger partial charge in [0.05, 0.1) is 0 Å². The monoisotopic (exact) mass is 536 g/mol. The van der Waals surface area contributed by atoms with Crippen molar-refractivity contribution in [1.82, 2.24) is 19.7 Å². The minimum Gasteiger partial charge on any atom is -0.372 e. The Balaban J connectivity index is 0.000000178. The van der Waals surface area contributed by atoms with Gasteiger partial charge in [-0.1, -0.05) is 43.0 Å². The normalized spacial score (nSPS) is 18.2. The van der Waals surface area contributed by atoms with Gasteiger partial charge in [0.1, 0.15) is 5.82 Å². The van der Waals surface area contributed by atoms with Crippen LogP contribution in [0.25, 0.3) is 16.5 Å². The topological polar surface area (TPSA) is 42.6 Å². The van der Waals surface area contributed by atoms with Crippen molar-refractivity contribution < 1.29 is 9.18 Å². The summed E-state index contributed by atoms with van der Waals surface area (Å²) in [6, 6.07) is 12.8. The predicted octanol–water partition coefficient (Wildman–Crippen LogP) is 6.71. The van der Waals surface area contributed by atoms with Gasteiger partial charge in [-0.05, 0) is 61.6 Å². The van der Waals surface area contributed by atoms with E-state index in [1.807, 2.05) is 41.4 Å². The van der Waals surface area contributed by atoms with Crippen molar-refractivity contribution in [2.24, 2.45) is 0 Å². The highest BCUT2D eigenvalue weighted by molar-refractivity contribution is 6.31. The summed E-state index contributed by atoms with van der Waals surface area (Å²) in [5.41, 5.74) is 5.31. The number of likely N-dealkylation sites (tertiary alicyclic amines) is 1. The summed E-state index contributed by atoms with van der Waals surface area (Å²) in [5.74, 6) is -0.0579. The number of piperazine rings is 1. The molecule has 0 bridgehead atoms. The molecule has 0 aliphatic carbocycles. The fraction of sp³-hybridized carbons (Fsp3) is 0.387. The SMILES string of the molecule is C=C(C(=C)N1CCCCC1)c1c[nH]c2cc(Cl)ccc12.CC(=O)N1CCN(Cc2ccc(F)cc2)CC1C. The first-order valence-electron chi connectivity index (χ1n) is 13.4. The number of nitrogens with one attached hydrogen (secondary N) is 1. The van der Waals surface area contributed by atoms with E-state index in [0.29, 0.717) is 0 Å². The molecule has 5 rings (SSSR count). The number of allylic oxidation sites excluding steroid dienone is 1. The maximum Gasteiger partial charge on any atom is 0.219 e. The number of carbonyl (C=O) groups is 1. The van der Waals surface area contributed by atoms with Crippen LogP contribution in [-0.2, 0) is 11.3 Å². The van der Waals surface area contributed by atoms with Crippen LogP contribution in [0.15, 0.2) is 67.5 Å². The van der Waals surface area contributed by atoms with Gasteiger partial charge in [-0.3, -0.25) is 9.69 Å². The van der Waals surface area contributed by atoms with Crippen LogP contribution in [0.1, 0.15) is 44.2 Å². The van der Waals surface area contributed by atoms with Gasteiger partial charge in [0.25, 0.3) is 0 Å². The molecule has 2 aromatic carbocycles. The van der Waals surface area contributed by atoms with Crippen molar-refractivity contribution in [3.05, 3.63) is 89.5 Å². The summed E-state index contributed by atoms with van der Waals surface area (Å²) >= 11 is 6.02. The summed E-state index contributed by atoms with van der Waals surface area (Å²) < 4.78 is 12.8. The van der Waals surface area contributed by atoms with Crippen LogP contribution in [0.2, 0.25) is 5.02 Å². The lowest BCUT2D eigenvalue weighted by molar-refractivity contribution is -0.133. The van der Waals surface area contributed by atoms with Crippen LogP contribution in [0, 0.1) is 5.82 Å². The van der Waals surface area contributed by atoms with Gasteiger partial charge in [0, 0.05) is 85.6 Å². The third-order valence-corrected chi connectivity index (χ3v) is 7.73. The van der Waals surface area contributed by atoms with E-state index in [1.165, 1.54) is 31.4 Å². The number of rotatable bonds is 5. The summed E-state index contributed by atoms with van der Waals surface area (Å²) in [4.78, 5) is 21.2. The van der Waals surface area contributed by atoms with Crippen molar-refractivity contribution in [2.75, 3.05) is 32.7 Å². The molecular formula is C31H38ClFN4O. The molecule has 38 heavy (non-hydrogen) atoms. The minimum atomic E-state index is -0.200. The molecule has 2 saturated heterocycles. The van der Waals surface area contributed by atoms with Crippen LogP contribution >= 0.6 is 11.6 Å². The number of hydrogen-bond donors (Lipinski definition) is 1. The van der Waals surface area contributed by atoms with Crippen LogP contribution < -0.4 is 0 Å². The predicted molar refractivity (Wildman–Crippen MR) is 155 cm³/mol. The molecule has 3 heterocycles. The van der Waals surface area contributed by atoms with E-state index in [2.05, 4.69) is 34.9 Å². The summed E-state index contributed by atoms with van der Waals surface area (Å²) in [6.45, 7) is 17.7. The number of amides is 1. The fourth-order valence-corrected chi connectivity index (χ4v) is 5.52. The lowest BCUT2D eigenvalue weighted by atomic mass is 10.0. The maximum absolute atomic E-state index is 12.8. The van der Waals surface area contributed by atoms with Gasteiger partial charge in [-0.25, -0.2) is 4.39 Å². The number of benzene rings is 2. The van der Waals surface area contributed by atoms with Gasteiger partial charge < -0.3 is 14.8 Å². The Kier molecular flexibility index (Phi) is 9.29. The van der Waals surface area contributed by atoms with Gasteiger partial charge in [0.2, 0.25) is 5.91 Å². The van der Waals surface area contributed by atoms with Crippen LogP contribution in [0.3, 0.4) is 0 Å². The van der Waals surface area contributed by atoms with Gasteiger partial charge in [-0.15, -0.1) is 0 Å². The molecule has 2 aliphatic heterocycles. The molecule has 5 nitrogen and oxygen atoms in total. The third-order valence-electron chi connectivity index (χ3n) is 7.49. The van der Waals surface area contributed by atoms with E-state index >= 15 is 0 Å². The number of fused-ring (bicyclic) bond motifs is 1. The Bertz CT molecular complexity index is 1280. The average molecular weight is 537 g/mol. The Morgan fingerprint density at radius 1 is 1.05 bits per heavy atom. The zero-order chi connectivity index (χ0) is 27.2. The first-order valence-corrected chi connectivity index (χ1v) is 13.7. The van der Waals surface area contributed by atoms with Crippen LogP contribution in [-0.4, -0.2) is 64.4 Å². The molecule has 0 saturated carbocycles. The van der Waals surface area contributed by atoms with E-state index in [-0.39, 0.29) is 17.8 Å². The second-order valence-corrected chi connectivity index (χ2v) is 10.7. The Labute approximate surface area is 230 Å². The molecule has 2 aliphatic rings. The van der Waals surface area contributed by atoms with E-state index in [1.54, 1.807) is 6.92 Å². The zero-order valence-corrected chi connectivity index (χ0v) is 23.2. The lowest BCUT2D eigenvalue weighted by Gasteiger charge is -2.39. The first kappa shape index (κ1) is 27.9. The standard InChI is InChI=1S/C17H19ClN2.C14H19FN2O/c1-12(13(2)20-8-4-3-5-9-20)16-11-19-17-10-14(18)6-7-15(16)17;1-11-9-16(7-8-17(11)12(2)18)10-13-3-5-14(15)6-4-13/h6-7,10-11,19H,1-5,8-9H2;3-6,11H,7-10H2,1-2H3. The quantitative estimate of drug-likeness (QED) is 0.368. The molecule has 1 unspecified atom stereocenters. The van der Waals surface area contributed by atoms with Crippen molar-refractivity contribution in [2.45, 2.75) is 45.7 Å². The molecule has 7 heteroatoms. The van der Waals surface area contributed by atoms with E-state index in [0.717, 1.165) is 77.6 Å². The van der Waals surface area contributed by atoms with Crippen molar-refractivity contribution in [3.63, 3.8) is 0 Å². The maximum atomic E-state index is 12.8. The van der Waals surface area contributed by atoms with Crippen molar-refractivity contribution in [3.8, 4) is 0 Å². The number of aromatic nitrogens is 1. The number of nitrogens with zero attached hydrogens (tertiary/aromatic N) is 3. The molecule has 0 radical (unpaired) electrons. The van der Waals surface area contributed by atoms with Crippen LogP contribution in [0.4, 0.5) is 4.39 Å². The summed E-state index contributed by atoms with van der Waals surface area (Å²) in [5, 5.41) is 1.89. The summed E-state index contributed by atoms with van der Waals surface area (Å²) in [7, 11) is 0. The van der Waals surface area contributed by atoms with Crippen molar-refractivity contribution >= 4 is 34.0 Å². The molecule has 1 N–H and O–H groups in total. The number of aromatic amines is 1. The second-order valence-electron chi connectivity index (χ2n) is 10.3. The minimum absolute atomic E-state index is 0.143. The number of H-pyrrole nitrogens is 1. The van der Waals surface area contributed by atoms with Gasteiger partial charge in [-0.2, -0.15) is 0 Å². The fourth-order valence-electron chi connectivity index (χ4n) is 5.35. The lowest BCUT2D eigenvalue weighted by Crippen LogP contribution is -2.52. The zero-order valence-electron chi connectivity index (χ0n) is 22.5. The highest BCUT2D eigenvalue weighted by atomic mass is 35.5. The van der Waals surface area contributed by atoms with E-state index in [9.17, 15) is 9.18 Å². The second kappa shape index (κ2) is 12.6. The molecular weight excluding hydrogens is 499 g/mol. The Hall–Kier alpha value is -3.09. The first-order chi connectivity index (χ1) is 18.2. The Morgan fingerprint density at radius 2 is 1.76 bits per heavy atom. The van der Waals surface area contributed by atoms with Crippen molar-refractivity contribution in [1.29, 1.82) is 0 Å². The van der Waals surface area contributed by atoms with E-state index < -0.39 is 0 Å². The number of hydrogen-bond acceptors (Lipinski definition) is 3. The molecule has 1 aromatic heterocycles. The van der Waals surface area contributed by atoms with Gasteiger partial charge in [0.15, 0.2) is 0 Å². The number of piperidine rings is 1. The Morgan fingerprint density at radius 3 is 2.42 bits per heavy atom. The average Bonchev–Trinajstić information content (AvgIpc) is 3.33. The third kappa shape index (κ3) is 6.86. The molecule has 1 amide bonds. The van der Waals surface area contributed by atoms with Crippen LogP contribution in [0.5, 0.6) is 0 Å². The number of halogens is 2. The number of carbonyl (C=O) groups excluding carboxylic acids is 1. The molecule has 3 aromatic rings. The molecule has 202 valence electrons. The molecule has 0 spiro atoms. The largest absolute Gasteiger partial charge is 0.372 e. The molecule has 1 atom stereocenters. The van der Waals surface area contributed by atoms with Gasteiger partial charge >= 0.3 is 0 Å².